The van der Waals surface area contributed by atoms with Crippen molar-refractivity contribution >= 4 is 5.82 Å². The van der Waals surface area contributed by atoms with Crippen molar-refractivity contribution in [2.24, 2.45) is 5.92 Å². The van der Waals surface area contributed by atoms with E-state index in [0.717, 1.165) is 30.4 Å². The van der Waals surface area contributed by atoms with Crippen LogP contribution in [-0.4, -0.2) is 24.6 Å². The Kier molecular flexibility index (Phi) is 3.69. The fourth-order valence-corrected chi connectivity index (χ4v) is 2.64. The molecular weight excluding hydrogens is 241 g/mol. The van der Waals surface area contributed by atoms with Crippen LogP contribution in [0.2, 0.25) is 0 Å². The first kappa shape index (κ1) is 12.9. The summed E-state index contributed by atoms with van der Waals surface area (Å²) in [5.41, 5.74) is 0.980. The molecule has 3 rings (SSSR count). The van der Waals surface area contributed by atoms with Crippen molar-refractivity contribution in [1.29, 1.82) is 0 Å². The molecule has 0 bridgehead atoms. The number of hydrogen-bond acceptors (Lipinski definition) is 3. The Morgan fingerprint density at radius 1 is 1.37 bits per heavy atom. The molecule has 2 saturated carbocycles. The van der Waals surface area contributed by atoms with Crippen molar-refractivity contribution in [3.05, 3.63) is 23.6 Å². The molecule has 0 unspecified atom stereocenters. The van der Waals surface area contributed by atoms with Gasteiger partial charge in [-0.3, -0.25) is 0 Å². The first-order valence-corrected chi connectivity index (χ1v) is 7.31. The van der Waals surface area contributed by atoms with Gasteiger partial charge in [0.05, 0.1) is 6.20 Å². The van der Waals surface area contributed by atoms with Crippen molar-refractivity contribution in [3.63, 3.8) is 0 Å². The van der Waals surface area contributed by atoms with E-state index in [1.165, 1.54) is 38.3 Å². The second-order valence-electron chi connectivity index (χ2n) is 5.97. The Morgan fingerprint density at radius 3 is 2.79 bits per heavy atom. The maximum atomic E-state index is 13.4. The Balaban J connectivity index is 1.69. The lowest BCUT2D eigenvalue weighted by Crippen LogP contribution is -2.31. The lowest BCUT2D eigenvalue weighted by atomic mass is 9.85. The van der Waals surface area contributed by atoms with Crippen molar-refractivity contribution in [2.45, 2.75) is 44.7 Å². The first-order valence-electron chi connectivity index (χ1n) is 7.31. The highest BCUT2D eigenvalue weighted by Gasteiger charge is 2.23. The molecule has 19 heavy (non-hydrogen) atoms. The Hall–Kier alpha value is -1.16. The zero-order valence-corrected chi connectivity index (χ0v) is 11.5. The smallest absolute Gasteiger partial charge is 0.141 e. The number of halogens is 1. The molecule has 0 aromatic carbocycles. The SMILES string of the molecule is CN(CC1CCC1)c1ncc(F)cc1CNC1CC1. The molecule has 2 fully saturated rings. The number of rotatable bonds is 6. The van der Waals surface area contributed by atoms with Crippen LogP contribution < -0.4 is 10.2 Å². The normalized spacial score (nSPS) is 19.3. The number of aromatic nitrogens is 1. The van der Waals surface area contributed by atoms with Crippen molar-refractivity contribution < 1.29 is 4.39 Å². The van der Waals surface area contributed by atoms with Gasteiger partial charge in [-0.15, -0.1) is 0 Å². The topological polar surface area (TPSA) is 28.2 Å². The number of pyridine rings is 1. The predicted octanol–water partition coefficient (Wildman–Crippen LogP) is 2.71. The summed E-state index contributed by atoms with van der Waals surface area (Å²) < 4.78 is 13.4. The van der Waals surface area contributed by atoms with Crippen LogP contribution in [0.15, 0.2) is 12.3 Å². The van der Waals surface area contributed by atoms with Gasteiger partial charge >= 0.3 is 0 Å². The van der Waals surface area contributed by atoms with E-state index in [4.69, 9.17) is 0 Å². The zero-order chi connectivity index (χ0) is 13.2. The second-order valence-corrected chi connectivity index (χ2v) is 5.97. The molecule has 1 heterocycles. The van der Waals surface area contributed by atoms with E-state index in [0.29, 0.717) is 6.04 Å². The van der Waals surface area contributed by atoms with E-state index >= 15 is 0 Å². The lowest BCUT2D eigenvalue weighted by molar-refractivity contribution is 0.321. The van der Waals surface area contributed by atoms with Gasteiger partial charge in [0, 0.05) is 31.7 Å². The minimum Gasteiger partial charge on any atom is -0.359 e. The van der Waals surface area contributed by atoms with Crippen LogP contribution in [0.1, 0.15) is 37.7 Å². The summed E-state index contributed by atoms with van der Waals surface area (Å²) in [7, 11) is 2.07. The van der Waals surface area contributed by atoms with Gasteiger partial charge in [-0.2, -0.15) is 0 Å². The quantitative estimate of drug-likeness (QED) is 0.855. The van der Waals surface area contributed by atoms with Crippen LogP contribution in [0.4, 0.5) is 10.2 Å². The average molecular weight is 263 g/mol. The summed E-state index contributed by atoms with van der Waals surface area (Å²) in [4.78, 5) is 6.49. The molecule has 0 atom stereocenters. The third kappa shape index (κ3) is 3.24. The van der Waals surface area contributed by atoms with Crippen LogP contribution in [0.5, 0.6) is 0 Å². The number of nitrogens with zero attached hydrogens (tertiary/aromatic N) is 2. The molecule has 0 amide bonds. The van der Waals surface area contributed by atoms with Crippen LogP contribution in [0.3, 0.4) is 0 Å². The van der Waals surface area contributed by atoms with Gasteiger partial charge in [0.1, 0.15) is 11.6 Å². The highest BCUT2D eigenvalue weighted by Crippen LogP contribution is 2.29. The summed E-state index contributed by atoms with van der Waals surface area (Å²) in [6, 6.07) is 2.25. The molecule has 0 aliphatic heterocycles. The minimum atomic E-state index is -0.242. The van der Waals surface area contributed by atoms with Crippen molar-refractivity contribution in [1.82, 2.24) is 10.3 Å². The average Bonchev–Trinajstić information content (AvgIpc) is 3.15. The number of hydrogen-bond donors (Lipinski definition) is 1. The number of nitrogens with one attached hydrogen (secondary N) is 1. The second kappa shape index (κ2) is 5.45. The molecular formula is C15H22FN3. The van der Waals surface area contributed by atoms with E-state index in [1.807, 2.05) is 0 Å². The maximum Gasteiger partial charge on any atom is 0.141 e. The molecule has 2 aliphatic carbocycles. The van der Waals surface area contributed by atoms with Crippen molar-refractivity contribution in [2.75, 3.05) is 18.5 Å². The summed E-state index contributed by atoms with van der Waals surface area (Å²) in [6.07, 6.45) is 7.81. The van der Waals surface area contributed by atoms with Gasteiger partial charge in [0.25, 0.3) is 0 Å². The molecule has 2 aliphatic rings. The predicted molar refractivity (Wildman–Crippen MR) is 74.7 cm³/mol. The van der Waals surface area contributed by atoms with Gasteiger partial charge in [-0.25, -0.2) is 9.37 Å². The van der Waals surface area contributed by atoms with Crippen LogP contribution in [0.25, 0.3) is 0 Å². The zero-order valence-electron chi connectivity index (χ0n) is 11.5. The highest BCUT2D eigenvalue weighted by atomic mass is 19.1. The fraction of sp³-hybridized carbons (Fsp3) is 0.667. The third-order valence-corrected chi connectivity index (χ3v) is 4.19. The summed E-state index contributed by atoms with van der Waals surface area (Å²) >= 11 is 0. The van der Waals surface area contributed by atoms with E-state index in [9.17, 15) is 4.39 Å². The lowest BCUT2D eigenvalue weighted by Gasteiger charge is -2.31. The molecule has 0 saturated heterocycles. The Labute approximate surface area is 114 Å². The standard InChI is InChI=1S/C15H22FN3/c1-19(10-11-3-2-4-11)15-12(7-13(16)9-18-15)8-17-14-5-6-14/h7,9,11,14,17H,2-6,8,10H2,1H3. The van der Waals surface area contributed by atoms with Gasteiger partial charge in [-0.05, 0) is 37.7 Å². The third-order valence-electron chi connectivity index (χ3n) is 4.19. The molecule has 1 aromatic heterocycles. The molecule has 0 spiro atoms. The Bertz CT molecular complexity index is 441. The minimum absolute atomic E-state index is 0.242. The van der Waals surface area contributed by atoms with Gasteiger partial charge in [0.2, 0.25) is 0 Å². The molecule has 1 N–H and O–H groups in total. The molecule has 4 heteroatoms. The largest absolute Gasteiger partial charge is 0.359 e. The number of anilines is 1. The van der Waals surface area contributed by atoms with Crippen LogP contribution in [-0.2, 0) is 6.54 Å². The molecule has 1 aromatic rings. The van der Waals surface area contributed by atoms with Crippen LogP contribution >= 0.6 is 0 Å². The van der Waals surface area contributed by atoms with Gasteiger partial charge in [0.15, 0.2) is 0 Å². The summed E-state index contributed by atoms with van der Waals surface area (Å²) in [6.45, 7) is 1.76. The van der Waals surface area contributed by atoms with Gasteiger partial charge < -0.3 is 10.2 Å². The van der Waals surface area contributed by atoms with Gasteiger partial charge in [-0.1, -0.05) is 6.42 Å². The van der Waals surface area contributed by atoms with Crippen LogP contribution in [0, 0.1) is 11.7 Å². The first-order chi connectivity index (χ1) is 9.22. The van der Waals surface area contributed by atoms with Crippen molar-refractivity contribution in [3.8, 4) is 0 Å². The fourth-order valence-electron chi connectivity index (χ4n) is 2.64. The monoisotopic (exact) mass is 263 g/mol. The summed E-state index contributed by atoms with van der Waals surface area (Å²) in [5, 5.41) is 3.44. The van der Waals surface area contributed by atoms with E-state index in [2.05, 4.69) is 22.2 Å². The Morgan fingerprint density at radius 2 is 2.16 bits per heavy atom. The molecule has 0 radical (unpaired) electrons. The molecule has 3 nitrogen and oxygen atoms in total. The molecule has 104 valence electrons. The van der Waals surface area contributed by atoms with E-state index < -0.39 is 0 Å². The maximum absolute atomic E-state index is 13.4. The summed E-state index contributed by atoms with van der Waals surface area (Å²) in [5.74, 6) is 1.48. The highest BCUT2D eigenvalue weighted by molar-refractivity contribution is 5.46. The van der Waals surface area contributed by atoms with E-state index in [-0.39, 0.29) is 5.82 Å². The van der Waals surface area contributed by atoms with E-state index in [1.54, 1.807) is 6.07 Å².